The van der Waals surface area contributed by atoms with Gasteiger partial charge in [0, 0.05) is 37.7 Å². The van der Waals surface area contributed by atoms with Crippen molar-refractivity contribution in [2.24, 2.45) is 10.9 Å². The molecule has 0 spiro atoms. The molecule has 0 saturated carbocycles. The maximum absolute atomic E-state index is 13.2. The minimum Gasteiger partial charge on any atom is -0.461 e. The number of aliphatic imine (C=N–C) groups is 1. The van der Waals surface area contributed by atoms with Gasteiger partial charge in [0.1, 0.15) is 6.61 Å². The molecule has 2 unspecified atom stereocenters. The number of rotatable bonds is 45. The molecule has 0 aliphatic heterocycles. The fourth-order valence-electron chi connectivity index (χ4n) is 7.68. The van der Waals surface area contributed by atoms with Crippen molar-refractivity contribution in [3.8, 4) is 0 Å². The highest BCUT2D eigenvalue weighted by Crippen LogP contribution is 2.14. The van der Waals surface area contributed by atoms with E-state index in [1.54, 1.807) is 18.3 Å². The lowest BCUT2D eigenvalue weighted by atomic mass is 10.0. The lowest BCUT2D eigenvalue weighted by Crippen LogP contribution is -2.42. The van der Waals surface area contributed by atoms with E-state index in [1.807, 2.05) is 12.1 Å². The van der Waals surface area contributed by atoms with Crippen LogP contribution < -0.4 is 10.6 Å². The number of ether oxygens (including phenoxy) is 2. The van der Waals surface area contributed by atoms with E-state index in [0.717, 1.165) is 95.0 Å². The largest absolute Gasteiger partial charge is 0.461 e. The van der Waals surface area contributed by atoms with Crippen LogP contribution in [-0.2, 0) is 23.9 Å². The summed E-state index contributed by atoms with van der Waals surface area (Å²) in [5, 5.41) is 5.80. The van der Waals surface area contributed by atoms with E-state index >= 15 is 0 Å². The number of nitrogens with zero attached hydrogens (tertiary/aromatic N) is 1. The lowest BCUT2D eigenvalue weighted by molar-refractivity contribution is -0.164. The van der Waals surface area contributed by atoms with Crippen molar-refractivity contribution < 1.29 is 28.7 Å². The van der Waals surface area contributed by atoms with Crippen molar-refractivity contribution in [2.75, 3.05) is 26.2 Å². The van der Waals surface area contributed by atoms with E-state index in [1.165, 1.54) is 103 Å². The van der Waals surface area contributed by atoms with E-state index < -0.39 is 18.0 Å². The van der Waals surface area contributed by atoms with Crippen molar-refractivity contribution in [1.82, 2.24) is 10.6 Å². The van der Waals surface area contributed by atoms with E-state index in [4.69, 9.17) is 9.47 Å². The van der Waals surface area contributed by atoms with Gasteiger partial charge in [0.2, 0.25) is 6.10 Å². The number of unbranched alkanes of at least 4 members (excludes halogenated alkanes) is 23. The van der Waals surface area contributed by atoms with E-state index in [9.17, 15) is 19.2 Å². The molecule has 2 amide bonds. The summed E-state index contributed by atoms with van der Waals surface area (Å²) in [6.07, 6.45) is 45.2. The maximum Gasteiger partial charge on any atom is 0.306 e. The molecular formula is C57H97N3O6. The number of carbonyl (C=O) groups is 4. The first kappa shape index (κ1) is 60.3. The van der Waals surface area contributed by atoms with Gasteiger partial charge in [-0.2, -0.15) is 0 Å². The molecule has 0 aliphatic rings. The zero-order valence-corrected chi connectivity index (χ0v) is 42.7. The highest BCUT2D eigenvalue weighted by molar-refractivity contribution is 5.95. The Morgan fingerprint density at radius 2 is 1.05 bits per heavy atom. The normalized spacial score (nSPS) is 12.5. The van der Waals surface area contributed by atoms with Crippen molar-refractivity contribution in [3.63, 3.8) is 0 Å². The molecule has 0 saturated heterocycles. The summed E-state index contributed by atoms with van der Waals surface area (Å²) in [5.41, 5.74) is 1.44. The van der Waals surface area contributed by atoms with Gasteiger partial charge in [-0.1, -0.05) is 186 Å². The first-order valence-electron chi connectivity index (χ1n) is 27.1. The first-order chi connectivity index (χ1) is 32.3. The van der Waals surface area contributed by atoms with Crippen LogP contribution in [0.5, 0.6) is 0 Å². The predicted octanol–water partition coefficient (Wildman–Crippen LogP) is 14.7. The van der Waals surface area contributed by atoms with Gasteiger partial charge in [-0.05, 0) is 94.2 Å². The Balaban J connectivity index is 2.47. The van der Waals surface area contributed by atoms with E-state index in [-0.39, 0.29) is 37.9 Å². The summed E-state index contributed by atoms with van der Waals surface area (Å²) < 4.78 is 11.1. The van der Waals surface area contributed by atoms with Crippen LogP contribution in [0, 0.1) is 5.92 Å². The van der Waals surface area contributed by atoms with Crippen LogP contribution in [-0.4, -0.2) is 62.3 Å². The summed E-state index contributed by atoms with van der Waals surface area (Å²) in [5.74, 6) is -0.714. The van der Waals surface area contributed by atoms with Gasteiger partial charge < -0.3 is 20.1 Å². The minimum atomic E-state index is -1.22. The van der Waals surface area contributed by atoms with Gasteiger partial charge in [-0.3, -0.25) is 24.2 Å². The molecular weight excluding hydrogens is 823 g/mol. The molecule has 2 N–H and O–H groups in total. The minimum absolute atomic E-state index is 0.0820. The van der Waals surface area contributed by atoms with Gasteiger partial charge >= 0.3 is 11.9 Å². The third kappa shape index (κ3) is 37.4. The number of hydrogen-bond donors (Lipinski definition) is 2. The molecule has 1 aromatic rings. The Bertz CT molecular complexity index is 1420. The predicted molar refractivity (Wildman–Crippen MR) is 277 cm³/mol. The number of nitrogens with one attached hydrogen (secondary N) is 2. The summed E-state index contributed by atoms with van der Waals surface area (Å²) in [7, 11) is 0. The Labute approximate surface area is 404 Å². The molecule has 1 rings (SSSR count). The van der Waals surface area contributed by atoms with Gasteiger partial charge in [-0.25, -0.2) is 0 Å². The molecule has 9 heteroatoms. The second kappa shape index (κ2) is 45.1. The second-order valence-electron chi connectivity index (χ2n) is 18.5. The summed E-state index contributed by atoms with van der Waals surface area (Å²) in [4.78, 5) is 55.7. The van der Waals surface area contributed by atoms with Crippen LogP contribution in [0.3, 0.4) is 0 Å². The highest BCUT2D eigenvalue weighted by atomic mass is 16.6. The molecule has 1 aromatic carbocycles. The molecule has 66 heavy (non-hydrogen) atoms. The monoisotopic (exact) mass is 920 g/mol. The fraction of sp³-hybridized carbons (Fsp3) is 0.737. The second-order valence-corrected chi connectivity index (χ2v) is 18.5. The van der Waals surface area contributed by atoms with Crippen molar-refractivity contribution >= 4 is 30.0 Å². The lowest BCUT2D eigenvalue weighted by Gasteiger charge is -2.17. The average Bonchev–Trinajstić information content (AvgIpc) is 3.32. The molecule has 0 heterocycles. The number of benzene rings is 1. The molecule has 2 atom stereocenters. The third-order valence-electron chi connectivity index (χ3n) is 12.3. The number of esters is 2. The summed E-state index contributed by atoms with van der Waals surface area (Å²) in [6, 6.07) is 7.26. The van der Waals surface area contributed by atoms with Crippen LogP contribution >= 0.6 is 0 Å². The number of allylic oxidation sites excluding steroid dienone is 4. The van der Waals surface area contributed by atoms with Crippen LogP contribution in [0.2, 0.25) is 0 Å². The average molecular weight is 920 g/mol. The van der Waals surface area contributed by atoms with Crippen molar-refractivity contribution in [1.29, 1.82) is 0 Å². The summed E-state index contributed by atoms with van der Waals surface area (Å²) in [6.45, 7) is 9.86. The van der Waals surface area contributed by atoms with Gasteiger partial charge in [-0.15, -0.1) is 0 Å². The van der Waals surface area contributed by atoms with Gasteiger partial charge in [0.25, 0.3) is 11.8 Å². The quantitative estimate of drug-likeness (QED) is 0.0291. The maximum atomic E-state index is 13.2. The SMILES string of the molecule is CCCCCCCCC=CCCCCCCCC(=O)OCC(OC(=O)CCCCCCCC=CCCCCCCCC)C(=O)NCCN=Cc1ccc(C(=O)NCCCCC(C)CC)cc1. The zero-order valence-electron chi connectivity index (χ0n) is 42.7. The van der Waals surface area contributed by atoms with Gasteiger partial charge in [0.15, 0.2) is 0 Å². The molecule has 0 fully saturated rings. The molecule has 0 bridgehead atoms. The molecule has 376 valence electrons. The number of carbonyl (C=O) groups excluding carboxylic acids is 4. The van der Waals surface area contributed by atoms with Gasteiger partial charge in [0.05, 0.1) is 6.54 Å². The highest BCUT2D eigenvalue weighted by Gasteiger charge is 2.24. The Morgan fingerprint density at radius 3 is 1.56 bits per heavy atom. The van der Waals surface area contributed by atoms with E-state index in [0.29, 0.717) is 25.1 Å². The Hall–Kier alpha value is -3.75. The first-order valence-corrected chi connectivity index (χ1v) is 27.1. The third-order valence-corrected chi connectivity index (χ3v) is 12.3. The van der Waals surface area contributed by atoms with E-state index in [2.05, 4.69) is 67.6 Å². The van der Waals surface area contributed by atoms with Crippen LogP contribution in [0.25, 0.3) is 0 Å². The topological polar surface area (TPSA) is 123 Å². The fourth-order valence-corrected chi connectivity index (χ4v) is 7.68. The Morgan fingerprint density at radius 1 is 0.561 bits per heavy atom. The summed E-state index contributed by atoms with van der Waals surface area (Å²) >= 11 is 0. The molecule has 0 aromatic heterocycles. The van der Waals surface area contributed by atoms with Crippen molar-refractivity contribution in [3.05, 3.63) is 59.7 Å². The van der Waals surface area contributed by atoms with Crippen LogP contribution in [0.1, 0.15) is 249 Å². The standard InChI is InChI=1S/C57H97N3O6/c1-5-8-10-12-14-16-18-20-22-24-26-28-30-32-34-39-54(61)65-49-53(66-55(62)40-35-33-31-29-27-25-23-21-19-17-15-13-11-9-6-2)57(64)60-47-46-58-48-51-41-43-52(44-42-51)56(63)59-45-37-36-38-50(4)7-3/h20-23,41-44,48,50,53H,5-19,24-40,45-47,49H2,1-4H3,(H,59,63)(H,60,64). The van der Waals surface area contributed by atoms with Crippen LogP contribution in [0.15, 0.2) is 53.6 Å². The molecule has 0 radical (unpaired) electrons. The molecule has 9 nitrogen and oxygen atoms in total. The van der Waals surface area contributed by atoms with Crippen LogP contribution in [0.4, 0.5) is 0 Å². The zero-order chi connectivity index (χ0) is 48.0. The Kier molecular flexibility index (Phi) is 41.1. The number of hydrogen-bond acceptors (Lipinski definition) is 7. The smallest absolute Gasteiger partial charge is 0.306 e. The number of amides is 2. The molecule has 0 aliphatic carbocycles. The van der Waals surface area contributed by atoms with Crippen molar-refractivity contribution in [2.45, 2.75) is 239 Å².